The summed E-state index contributed by atoms with van der Waals surface area (Å²) in [4.78, 5) is 4.15. The number of aromatic nitrogens is 1. The fraction of sp³-hybridized carbons (Fsp3) is 0.0833. The number of allylic oxidation sites excluding steroid dienone is 2. The van der Waals surface area contributed by atoms with Gasteiger partial charge in [-0.05, 0) is 17.7 Å². The van der Waals surface area contributed by atoms with E-state index in [1.807, 2.05) is 24.3 Å². The van der Waals surface area contributed by atoms with Gasteiger partial charge in [-0.15, -0.1) is 0 Å². The molecule has 1 N–H and O–H groups in total. The maximum atomic E-state index is 4.15. The Labute approximate surface area is 84.7 Å². The fourth-order valence-corrected chi connectivity index (χ4v) is 1.01. The number of nitrogens with one attached hydrogen (secondary N) is 1. The molecular weight excluding hydrogens is 172 g/mol. The number of pyridine rings is 1. The van der Waals surface area contributed by atoms with Gasteiger partial charge in [0.1, 0.15) is 5.82 Å². The lowest BCUT2D eigenvalue weighted by Crippen LogP contribution is -2.04. The number of hydrogen-bond acceptors (Lipinski definition) is 2. The van der Waals surface area contributed by atoms with Crippen LogP contribution >= 0.6 is 0 Å². The van der Waals surface area contributed by atoms with Gasteiger partial charge in [0.15, 0.2) is 0 Å². The Kier molecular flexibility index (Phi) is 4.21. The Bertz CT molecular complexity index is 325. The SMILES string of the molecule is C=C/C=C(\C=C)CNc1ccccn1. The predicted octanol–water partition coefficient (Wildman–Crippen LogP) is 2.79. The number of hydrogen-bond donors (Lipinski definition) is 1. The maximum Gasteiger partial charge on any atom is 0.126 e. The molecule has 0 spiro atoms. The monoisotopic (exact) mass is 186 g/mol. The average Bonchev–Trinajstić information content (AvgIpc) is 2.25. The molecule has 0 saturated heterocycles. The van der Waals surface area contributed by atoms with Crippen LogP contribution < -0.4 is 5.32 Å². The molecule has 0 fully saturated rings. The Morgan fingerprint density at radius 1 is 1.43 bits per heavy atom. The van der Waals surface area contributed by atoms with Crippen LogP contribution in [0.3, 0.4) is 0 Å². The molecule has 0 aliphatic rings. The first-order chi connectivity index (χ1) is 6.86. The molecule has 1 heterocycles. The minimum absolute atomic E-state index is 0.715. The molecule has 72 valence electrons. The summed E-state index contributed by atoms with van der Waals surface area (Å²) in [6.45, 7) is 8.07. The Morgan fingerprint density at radius 3 is 2.86 bits per heavy atom. The first-order valence-electron chi connectivity index (χ1n) is 4.45. The molecule has 0 radical (unpaired) electrons. The first kappa shape index (κ1) is 10.3. The van der Waals surface area contributed by atoms with E-state index in [-0.39, 0.29) is 0 Å². The first-order valence-corrected chi connectivity index (χ1v) is 4.45. The van der Waals surface area contributed by atoms with Crippen molar-refractivity contribution < 1.29 is 0 Å². The summed E-state index contributed by atoms with van der Waals surface area (Å²) >= 11 is 0. The van der Waals surface area contributed by atoms with Crippen molar-refractivity contribution in [3.63, 3.8) is 0 Å². The molecular formula is C12H14N2. The highest BCUT2D eigenvalue weighted by Gasteiger charge is 1.92. The minimum atomic E-state index is 0.715. The third-order valence-corrected chi connectivity index (χ3v) is 1.73. The molecule has 0 saturated carbocycles. The lowest BCUT2D eigenvalue weighted by atomic mass is 10.2. The summed E-state index contributed by atoms with van der Waals surface area (Å²) in [5, 5.41) is 3.18. The van der Waals surface area contributed by atoms with E-state index < -0.39 is 0 Å². The van der Waals surface area contributed by atoms with Gasteiger partial charge in [-0.1, -0.05) is 37.5 Å². The van der Waals surface area contributed by atoms with Crippen LogP contribution in [0.25, 0.3) is 0 Å². The normalized spacial score (nSPS) is 10.7. The molecule has 14 heavy (non-hydrogen) atoms. The zero-order valence-corrected chi connectivity index (χ0v) is 8.11. The third-order valence-electron chi connectivity index (χ3n) is 1.73. The van der Waals surface area contributed by atoms with E-state index in [0.717, 1.165) is 11.4 Å². The van der Waals surface area contributed by atoms with Gasteiger partial charge < -0.3 is 5.32 Å². The van der Waals surface area contributed by atoms with Crippen LogP contribution in [0.2, 0.25) is 0 Å². The van der Waals surface area contributed by atoms with Crippen molar-refractivity contribution in [2.75, 3.05) is 11.9 Å². The second-order valence-electron chi connectivity index (χ2n) is 2.75. The van der Waals surface area contributed by atoms with E-state index in [1.165, 1.54) is 0 Å². The van der Waals surface area contributed by atoms with Gasteiger partial charge in [0.05, 0.1) is 0 Å². The maximum absolute atomic E-state index is 4.15. The van der Waals surface area contributed by atoms with E-state index in [2.05, 4.69) is 23.5 Å². The third kappa shape index (κ3) is 3.27. The van der Waals surface area contributed by atoms with Crippen LogP contribution in [-0.4, -0.2) is 11.5 Å². The highest BCUT2D eigenvalue weighted by molar-refractivity contribution is 5.37. The summed E-state index contributed by atoms with van der Waals surface area (Å²) in [5.41, 5.74) is 1.09. The van der Waals surface area contributed by atoms with Crippen LogP contribution in [-0.2, 0) is 0 Å². The van der Waals surface area contributed by atoms with Crippen LogP contribution in [0.15, 0.2) is 61.4 Å². The molecule has 1 rings (SSSR count). The Balaban J connectivity index is 2.52. The molecule has 1 aromatic rings. The van der Waals surface area contributed by atoms with Gasteiger partial charge in [-0.2, -0.15) is 0 Å². The van der Waals surface area contributed by atoms with Crippen LogP contribution in [0.4, 0.5) is 5.82 Å². The summed E-state index contributed by atoms with van der Waals surface area (Å²) in [5.74, 6) is 0.865. The van der Waals surface area contributed by atoms with Gasteiger partial charge in [-0.3, -0.25) is 0 Å². The molecule has 2 nitrogen and oxygen atoms in total. The molecule has 0 amide bonds. The molecule has 0 aliphatic heterocycles. The van der Waals surface area contributed by atoms with Gasteiger partial charge in [0, 0.05) is 12.7 Å². The van der Waals surface area contributed by atoms with Crippen molar-refractivity contribution in [1.82, 2.24) is 4.98 Å². The second-order valence-corrected chi connectivity index (χ2v) is 2.75. The largest absolute Gasteiger partial charge is 0.366 e. The highest BCUT2D eigenvalue weighted by Crippen LogP contribution is 2.02. The lowest BCUT2D eigenvalue weighted by molar-refractivity contribution is 1.19. The van der Waals surface area contributed by atoms with Gasteiger partial charge in [-0.25, -0.2) is 4.98 Å². The lowest BCUT2D eigenvalue weighted by Gasteiger charge is -2.04. The van der Waals surface area contributed by atoms with Crippen LogP contribution in [0, 0.1) is 0 Å². The highest BCUT2D eigenvalue weighted by atomic mass is 15.0. The van der Waals surface area contributed by atoms with Crippen molar-refractivity contribution >= 4 is 5.82 Å². The standard InChI is InChI=1S/C12H14N2/c1-3-7-11(4-2)10-14-12-8-5-6-9-13-12/h3-9H,1-2,10H2,(H,13,14)/b11-7+. The smallest absolute Gasteiger partial charge is 0.126 e. The molecule has 0 bridgehead atoms. The topological polar surface area (TPSA) is 24.9 Å². The van der Waals surface area contributed by atoms with E-state index in [1.54, 1.807) is 18.3 Å². The van der Waals surface area contributed by atoms with Crippen molar-refractivity contribution in [2.45, 2.75) is 0 Å². The quantitative estimate of drug-likeness (QED) is 0.715. The van der Waals surface area contributed by atoms with E-state index >= 15 is 0 Å². The minimum Gasteiger partial charge on any atom is -0.366 e. The van der Waals surface area contributed by atoms with Gasteiger partial charge in [0.2, 0.25) is 0 Å². The average molecular weight is 186 g/mol. The molecule has 2 heteroatoms. The van der Waals surface area contributed by atoms with Gasteiger partial charge in [0.25, 0.3) is 0 Å². The van der Waals surface area contributed by atoms with Crippen LogP contribution in [0.1, 0.15) is 0 Å². The summed E-state index contributed by atoms with van der Waals surface area (Å²) in [6, 6.07) is 5.76. The van der Waals surface area contributed by atoms with Crippen molar-refractivity contribution in [3.8, 4) is 0 Å². The molecule has 1 aromatic heterocycles. The van der Waals surface area contributed by atoms with Crippen molar-refractivity contribution in [3.05, 3.63) is 61.4 Å². The second kappa shape index (κ2) is 5.75. The Hall–Kier alpha value is -1.83. The molecule has 0 aromatic carbocycles. The van der Waals surface area contributed by atoms with E-state index in [9.17, 15) is 0 Å². The van der Waals surface area contributed by atoms with E-state index in [4.69, 9.17) is 0 Å². The number of nitrogens with zero attached hydrogens (tertiary/aromatic N) is 1. The number of rotatable bonds is 5. The van der Waals surface area contributed by atoms with Gasteiger partial charge >= 0.3 is 0 Å². The zero-order valence-electron chi connectivity index (χ0n) is 8.11. The summed E-state index contributed by atoms with van der Waals surface area (Å²) < 4.78 is 0. The summed E-state index contributed by atoms with van der Waals surface area (Å²) in [7, 11) is 0. The number of anilines is 1. The van der Waals surface area contributed by atoms with Crippen LogP contribution in [0.5, 0.6) is 0 Å². The fourth-order valence-electron chi connectivity index (χ4n) is 1.01. The molecule has 0 unspecified atom stereocenters. The zero-order chi connectivity index (χ0) is 10.2. The Morgan fingerprint density at radius 2 is 2.29 bits per heavy atom. The molecule has 0 atom stereocenters. The molecule has 0 aliphatic carbocycles. The van der Waals surface area contributed by atoms with Crippen molar-refractivity contribution in [1.29, 1.82) is 0 Å². The predicted molar refractivity (Wildman–Crippen MR) is 61.2 cm³/mol. The van der Waals surface area contributed by atoms with Crippen molar-refractivity contribution in [2.24, 2.45) is 0 Å². The van der Waals surface area contributed by atoms with E-state index in [0.29, 0.717) is 6.54 Å². The summed E-state index contributed by atoms with van der Waals surface area (Å²) in [6.07, 6.45) is 7.23.